The van der Waals surface area contributed by atoms with Gasteiger partial charge in [-0.3, -0.25) is 0 Å². The summed E-state index contributed by atoms with van der Waals surface area (Å²) in [4.78, 5) is 0. The summed E-state index contributed by atoms with van der Waals surface area (Å²) in [5, 5.41) is 1.35. The molecular weight excluding hydrogens is 170 g/mol. The topological polar surface area (TPSA) is 35.2 Å². The van der Waals surface area contributed by atoms with Crippen molar-refractivity contribution in [3.63, 3.8) is 0 Å². The maximum Gasteiger partial charge on any atom is 0.0476 e. The van der Waals surface area contributed by atoms with E-state index in [0.29, 0.717) is 11.3 Å². The molecule has 0 amide bonds. The summed E-state index contributed by atoms with van der Waals surface area (Å²) in [5.41, 5.74) is 5.80. The van der Waals surface area contributed by atoms with Gasteiger partial charge >= 0.3 is 0 Å². The zero-order valence-electron chi connectivity index (χ0n) is 7.95. The van der Waals surface area contributed by atoms with Crippen molar-refractivity contribution in [1.29, 1.82) is 0 Å². The molecule has 0 aromatic rings. The van der Waals surface area contributed by atoms with E-state index in [2.05, 4.69) is 13.8 Å². The van der Waals surface area contributed by atoms with E-state index in [9.17, 15) is 0 Å². The highest BCUT2D eigenvalue weighted by Crippen LogP contribution is 2.26. The zero-order chi connectivity index (χ0) is 8.97. The third-order valence-corrected chi connectivity index (χ3v) is 4.03. The Morgan fingerprint density at radius 2 is 1.92 bits per heavy atom. The van der Waals surface area contributed by atoms with Gasteiger partial charge in [0.25, 0.3) is 0 Å². The van der Waals surface area contributed by atoms with Gasteiger partial charge in [-0.2, -0.15) is 11.8 Å². The van der Waals surface area contributed by atoms with Crippen molar-refractivity contribution in [3.05, 3.63) is 0 Å². The predicted octanol–water partition coefficient (Wildman–Crippen LogP) is 1.63. The number of hydrogen-bond acceptors (Lipinski definition) is 3. The Labute approximate surface area is 79.2 Å². The number of hydrogen-bond donors (Lipinski definition) is 1. The molecule has 0 spiro atoms. The Hall–Kier alpha value is 0.270. The van der Waals surface area contributed by atoms with Crippen molar-refractivity contribution >= 4 is 11.8 Å². The lowest BCUT2D eigenvalue weighted by atomic mass is 10.2. The smallest absolute Gasteiger partial charge is 0.0476 e. The highest BCUT2D eigenvalue weighted by molar-refractivity contribution is 8.00. The van der Waals surface area contributed by atoms with Gasteiger partial charge in [-0.15, -0.1) is 0 Å². The molecule has 0 aromatic carbocycles. The van der Waals surface area contributed by atoms with Crippen LogP contribution in [0.3, 0.4) is 0 Å². The Kier molecular flexibility index (Phi) is 4.40. The summed E-state index contributed by atoms with van der Waals surface area (Å²) in [6.45, 7) is 6.16. The summed E-state index contributed by atoms with van der Waals surface area (Å²) in [6.07, 6.45) is 2.39. The quantitative estimate of drug-likeness (QED) is 0.733. The van der Waals surface area contributed by atoms with Crippen LogP contribution >= 0.6 is 11.8 Å². The van der Waals surface area contributed by atoms with Gasteiger partial charge in [0, 0.05) is 29.8 Å². The predicted molar refractivity (Wildman–Crippen MR) is 54.5 cm³/mol. The number of ether oxygens (including phenoxy) is 1. The standard InChI is InChI=1S/C9H19NOS/c1-7(10)8(2)12-9-3-5-11-6-4-9/h7-9H,3-6,10H2,1-2H3. The average Bonchev–Trinajstić information content (AvgIpc) is 2.06. The highest BCUT2D eigenvalue weighted by Gasteiger charge is 2.18. The van der Waals surface area contributed by atoms with Crippen LogP contribution in [-0.2, 0) is 4.74 Å². The van der Waals surface area contributed by atoms with Gasteiger partial charge in [0.15, 0.2) is 0 Å². The van der Waals surface area contributed by atoms with Crippen LogP contribution in [0.25, 0.3) is 0 Å². The van der Waals surface area contributed by atoms with Crippen molar-refractivity contribution in [1.82, 2.24) is 0 Å². The van der Waals surface area contributed by atoms with Gasteiger partial charge in [0.2, 0.25) is 0 Å². The second-order valence-electron chi connectivity index (χ2n) is 3.51. The monoisotopic (exact) mass is 189 g/mol. The normalized spacial score (nSPS) is 25.2. The molecule has 1 rings (SSSR count). The summed E-state index contributed by atoms with van der Waals surface area (Å²) in [7, 11) is 0. The van der Waals surface area contributed by atoms with E-state index >= 15 is 0 Å². The van der Waals surface area contributed by atoms with Gasteiger partial charge in [0.05, 0.1) is 0 Å². The fraction of sp³-hybridized carbons (Fsp3) is 1.00. The van der Waals surface area contributed by atoms with E-state index in [4.69, 9.17) is 10.5 Å². The third-order valence-electron chi connectivity index (χ3n) is 2.32. The van der Waals surface area contributed by atoms with Gasteiger partial charge in [0.1, 0.15) is 0 Å². The van der Waals surface area contributed by atoms with Crippen LogP contribution in [0.15, 0.2) is 0 Å². The molecule has 2 N–H and O–H groups in total. The van der Waals surface area contributed by atoms with Crippen LogP contribution in [-0.4, -0.2) is 29.8 Å². The Morgan fingerprint density at radius 3 is 2.42 bits per heavy atom. The molecule has 1 aliphatic rings. The minimum Gasteiger partial charge on any atom is -0.381 e. The van der Waals surface area contributed by atoms with Crippen molar-refractivity contribution in [3.8, 4) is 0 Å². The van der Waals surface area contributed by atoms with E-state index in [0.717, 1.165) is 18.5 Å². The highest BCUT2D eigenvalue weighted by atomic mass is 32.2. The zero-order valence-corrected chi connectivity index (χ0v) is 8.77. The third kappa shape index (κ3) is 3.33. The van der Waals surface area contributed by atoms with Crippen LogP contribution in [0.1, 0.15) is 26.7 Å². The van der Waals surface area contributed by atoms with Crippen molar-refractivity contribution < 1.29 is 4.74 Å². The summed E-state index contributed by atoms with van der Waals surface area (Å²) in [6, 6.07) is 0.304. The second kappa shape index (κ2) is 5.10. The lowest BCUT2D eigenvalue weighted by Crippen LogP contribution is -2.30. The second-order valence-corrected chi connectivity index (χ2v) is 5.19. The SMILES string of the molecule is CC(N)C(C)SC1CCOCC1. The summed E-state index contributed by atoms with van der Waals surface area (Å²) >= 11 is 2.02. The van der Waals surface area contributed by atoms with Gasteiger partial charge < -0.3 is 10.5 Å². The molecule has 0 aromatic heterocycles. The molecule has 2 unspecified atom stereocenters. The van der Waals surface area contributed by atoms with E-state index in [1.165, 1.54) is 12.8 Å². The molecule has 0 saturated carbocycles. The molecular formula is C9H19NOS. The molecule has 0 aliphatic carbocycles. The van der Waals surface area contributed by atoms with Crippen molar-refractivity contribution in [2.24, 2.45) is 5.73 Å². The van der Waals surface area contributed by atoms with Crippen LogP contribution < -0.4 is 5.73 Å². The molecule has 3 heteroatoms. The Balaban J connectivity index is 2.20. The molecule has 2 atom stereocenters. The maximum absolute atomic E-state index is 5.80. The van der Waals surface area contributed by atoms with E-state index < -0.39 is 0 Å². The Bertz CT molecular complexity index is 124. The molecule has 72 valence electrons. The fourth-order valence-corrected chi connectivity index (χ4v) is 2.56. The molecule has 1 saturated heterocycles. The lowest BCUT2D eigenvalue weighted by Gasteiger charge is -2.26. The maximum atomic E-state index is 5.80. The summed E-state index contributed by atoms with van der Waals surface area (Å²) in [5.74, 6) is 0. The van der Waals surface area contributed by atoms with Gasteiger partial charge in [-0.05, 0) is 19.8 Å². The minimum atomic E-state index is 0.304. The number of nitrogens with two attached hydrogens (primary N) is 1. The first-order valence-electron chi connectivity index (χ1n) is 4.69. The molecule has 1 aliphatic heterocycles. The van der Waals surface area contributed by atoms with E-state index in [1.807, 2.05) is 11.8 Å². The first kappa shape index (κ1) is 10.4. The lowest BCUT2D eigenvalue weighted by molar-refractivity contribution is 0.0999. The van der Waals surface area contributed by atoms with E-state index in [-0.39, 0.29) is 0 Å². The van der Waals surface area contributed by atoms with Crippen LogP contribution in [0.2, 0.25) is 0 Å². The van der Waals surface area contributed by atoms with Gasteiger partial charge in [-0.1, -0.05) is 6.92 Å². The fourth-order valence-electron chi connectivity index (χ4n) is 1.24. The minimum absolute atomic E-state index is 0.304. The first-order chi connectivity index (χ1) is 5.70. The van der Waals surface area contributed by atoms with Crippen LogP contribution in [0.5, 0.6) is 0 Å². The largest absolute Gasteiger partial charge is 0.381 e. The van der Waals surface area contributed by atoms with E-state index in [1.54, 1.807) is 0 Å². The number of thioether (sulfide) groups is 1. The molecule has 2 nitrogen and oxygen atoms in total. The number of rotatable bonds is 3. The Morgan fingerprint density at radius 1 is 1.33 bits per heavy atom. The first-order valence-corrected chi connectivity index (χ1v) is 5.63. The molecule has 0 bridgehead atoms. The van der Waals surface area contributed by atoms with Gasteiger partial charge in [-0.25, -0.2) is 0 Å². The van der Waals surface area contributed by atoms with Crippen LogP contribution in [0, 0.1) is 0 Å². The van der Waals surface area contributed by atoms with Crippen molar-refractivity contribution in [2.75, 3.05) is 13.2 Å². The molecule has 12 heavy (non-hydrogen) atoms. The average molecular weight is 189 g/mol. The molecule has 1 heterocycles. The van der Waals surface area contributed by atoms with Crippen LogP contribution in [0.4, 0.5) is 0 Å². The molecule has 0 radical (unpaired) electrons. The summed E-state index contributed by atoms with van der Waals surface area (Å²) < 4.78 is 5.30. The molecule has 1 fully saturated rings. The van der Waals surface area contributed by atoms with Crippen molar-refractivity contribution in [2.45, 2.75) is 43.2 Å².